The van der Waals surface area contributed by atoms with E-state index in [0.717, 1.165) is 7.11 Å². The molecule has 0 aromatic carbocycles. The van der Waals surface area contributed by atoms with E-state index in [1.54, 1.807) is 0 Å². The topological polar surface area (TPSA) is 239 Å². The summed E-state index contributed by atoms with van der Waals surface area (Å²) < 4.78 is 56.0. The summed E-state index contributed by atoms with van der Waals surface area (Å²) in [6.45, 7) is -0.978. The zero-order valence-corrected chi connectivity index (χ0v) is 15.0. The van der Waals surface area contributed by atoms with Gasteiger partial charge in [-0.15, -0.1) is 0 Å². The summed E-state index contributed by atoms with van der Waals surface area (Å²) >= 11 is 0. The van der Waals surface area contributed by atoms with Gasteiger partial charge in [-0.3, -0.25) is 13.6 Å². The van der Waals surface area contributed by atoms with Crippen molar-refractivity contribution in [3.05, 3.63) is 0 Å². The van der Waals surface area contributed by atoms with Crippen molar-refractivity contribution in [2.24, 2.45) is 0 Å². The fourth-order valence-electron chi connectivity index (χ4n) is 2.05. The molecule has 1 aliphatic heterocycles. The van der Waals surface area contributed by atoms with Crippen LogP contribution in [-0.4, -0.2) is 78.9 Å². The lowest BCUT2D eigenvalue weighted by molar-refractivity contribution is -0.285. The van der Waals surface area contributed by atoms with E-state index in [0.29, 0.717) is 0 Å². The van der Waals surface area contributed by atoms with Gasteiger partial charge in [-0.25, -0.2) is 13.7 Å². The summed E-state index contributed by atoms with van der Waals surface area (Å²) in [6, 6.07) is 0. The number of phosphoric acid groups is 3. The van der Waals surface area contributed by atoms with Gasteiger partial charge in [-0.2, -0.15) is 0 Å². The molecule has 1 heterocycles. The fraction of sp³-hybridized carbons (Fsp3) is 1.00. The zero-order valence-electron chi connectivity index (χ0n) is 12.3. The van der Waals surface area contributed by atoms with Crippen LogP contribution in [0.25, 0.3) is 0 Å². The Bertz CT molecular complexity index is 538. The third-order valence-electron chi connectivity index (χ3n) is 2.78. The predicted octanol–water partition coefficient (Wildman–Crippen LogP) is -2.22. The van der Waals surface area contributed by atoms with Crippen molar-refractivity contribution in [3.8, 4) is 0 Å². The van der Waals surface area contributed by atoms with Crippen molar-refractivity contribution >= 4 is 23.5 Å². The van der Waals surface area contributed by atoms with Gasteiger partial charge < -0.3 is 43.9 Å². The Balaban J connectivity index is 3.34. The van der Waals surface area contributed by atoms with E-state index < -0.39 is 60.8 Å². The first-order valence-corrected chi connectivity index (χ1v) is 10.8. The van der Waals surface area contributed by atoms with E-state index in [-0.39, 0.29) is 0 Å². The second-order valence-corrected chi connectivity index (χ2v) is 8.22. The lowest BCUT2D eigenvalue weighted by Crippen LogP contribution is -2.60. The predicted molar refractivity (Wildman–Crippen MR) is 73.5 cm³/mol. The molecule has 18 heteroatoms. The Hall–Kier alpha value is 0.210. The van der Waals surface area contributed by atoms with E-state index in [1.165, 1.54) is 0 Å². The molecular weight excluding hydrogens is 417 g/mol. The first-order chi connectivity index (χ1) is 11.2. The summed E-state index contributed by atoms with van der Waals surface area (Å²) in [5.74, 6) is 0. The van der Waals surface area contributed by atoms with Crippen LogP contribution in [0.2, 0.25) is 0 Å². The van der Waals surface area contributed by atoms with Crippen LogP contribution >= 0.6 is 23.5 Å². The van der Waals surface area contributed by atoms with Crippen LogP contribution in [0, 0.1) is 0 Å². The van der Waals surface area contributed by atoms with Gasteiger partial charge in [0.2, 0.25) is 0 Å². The number of hydrogen-bond acceptors (Lipinski definition) is 9. The molecule has 0 aromatic heterocycles. The Morgan fingerprint density at radius 2 is 1.20 bits per heavy atom. The third-order valence-corrected chi connectivity index (χ3v) is 4.33. The molecule has 15 nitrogen and oxygen atoms in total. The molecule has 1 saturated heterocycles. The Morgan fingerprint density at radius 1 is 0.800 bits per heavy atom. The number of aliphatic hydroxyl groups excluding tert-OH is 1. The standard InChI is InChI=1S/C7H17O15P3/c1-18-7-6(22-25(15,16)17)5(21-24(12,13)14)4(3(2-8)19-7)20-23(9,10)11/h3-8H,2H2,1H3,(H2,9,10,11)(H2,12,13,14)(H2,15,16,17)/t3-,4-,5+,6-,7+/m1/s1. The van der Waals surface area contributed by atoms with Gasteiger partial charge in [0.05, 0.1) is 6.61 Å². The minimum Gasteiger partial charge on any atom is -0.394 e. The highest BCUT2D eigenvalue weighted by Crippen LogP contribution is 2.50. The van der Waals surface area contributed by atoms with Crippen LogP contribution in [0.5, 0.6) is 0 Å². The molecule has 150 valence electrons. The molecule has 0 spiro atoms. The summed E-state index contributed by atoms with van der Waals surface area (Å²) in [5, 5.41) is 9.25. The van der Waals surface area contributed by atoms with Crippen molar-refractivity contribution in [2.75, 3.05) is 13.7 Å². The molecule has 5 atom stereocenters. The number of methoxy groups -OCH3 is 1. The minimum absolute atomic E-state index is 0.966. The van der Waals surface area contributed by atoms with Crippen molar-refractivity contribution < 1.29 is 71.2 Å². The van der Waals surface area contributed by atoms with E-state index in [1.807, 2.05) is 0 Å². The van der Waals surface area contributed by atoms with Gasteiger partial charge in [0, 0.05) is 7.11 Å². The monoisotopic (exact) mass is 434 g/mol. The molecule has 25 heavy (non-hydrogen) atoms. The molecule has 0 amide bonds. The highest BCUT2D eigenvalue weighted by molar-refractivity contribution is 7.47. The summed E-state index contributed by atoms with van der Waals surface area (Å²) in [7, 11) is -15.0. The van der Waals surface area contributed by atoms with Crippen molar-refractivity contribution in [1.29, 1.82) is 0 Å². The van der Waals surface area contributed by atoms with Crippen LogP contribution in [0.4, 0.5) is 0 Å². The van der Waals surface area contributed by atoms with Crippen LogP contribution in [0.3, 0.4) is 0 Å². The molecular formula is C7H17O15P3. The average Bonchev–Trinajstić information content (AvgIpc) is 2.38. The van der Waals surface area contributed by atoms with Gasteiger partial charge >= 0.3 is 23.5 Å². The third kappa shape index (κ3) is 7.77. The second-order valence-electron chi connectivity index (χ2n) is 4.64. The van der Waals surface area contributed by atoms with E-state index in [4.69, 9.17) is 38.8 Å². The number of aliphatic hydroxyl groups is 1. The summed E-state index contributed by atoms with van der Waals surface area (Å²) in [4.78, 5) is 53.6. The van der Waals surface area contributed by atoms with Gasteiger partial charge in [0.25, 0.3) is 0 Å². The van der Waals surface area contributed by atoms with Gasteiger partial charge in [-0.05, 0) is 0 Å². The SMILES string of the molecule is CO[C@H]1O[C@H](CO)[C@@H](OP(=O)(O)O)[C@H](OP(=O)(O)O)[C@H]1OP(=O)(O)O. The molecule has 0 aromatic rings. The molecule has 1 rings (SSSR count). The van der Waals surface area contributed by atoms with E-state index in [9.17, 15) is 18.8 Å². The lowest BCUT2D eigenvalue weighted by Gasteiger charge is -2.44. The van der Waals surface area contributed by atoms with Crippen molar-refractivity contribution in [3.63, 3.8) is 0 Å². The van der Waals surface area contributed by atoms with Crippen LogP contribution in [-0.2, 0) is 36.7 Å². The van der Waals surface area contributed by atoms with Crippen LogP contribution < -0.4 is 0 Å². The van der Waals surface area contributed by atoms with Crippen LogP contribution in [0.1, 0.15) is 0 Å². The zero-order chi connectivity index (χ0) is 19.6. The molecule has 0 unspecified atom stereocenters. The van der Waals surface area contributed by atoms with Gasteiger partial charge in [0.1, 0.15) is 24.4 Å². The highest BCUT2D eigenvalue weighted by Gasteiger charge is 2.54. The normalized spacial score (nSPS) is 31.9. The minimum atomic E-state index is -5.37. The smallest absolute Gasteiger partial charge is 0.394 e. The molecule has 0 aliphatic carbocycles. The molecule has 0 radical (unpaired) electrons. The first-order valence-electron chi connectivity index (χ1n) is 6.18. The Labute approximate surface area is 140 Å². The molecule has 1 fully saturated rings. The van der Waals surface area contributed by atoms with Gasteiger partial charge in [-0.1, -0.05) is 0 Å². The Morgan fingerprint density at radius 3 is 1.56 bits per heavy atom. The average molecular weight is 434 g/mol. The van der Waals surface area contributed by atoms with E-state index >= 15 is 0 Å². The highest BCUT2D eigenvalue weighted by atomic mass is 31.2. The molecule has 1 aliphatic rings. The maximum atomic E-state index is 11.1. The van der Waals surface area contributed by atoms with Crippen molar-refractivity contribution in [1.82, 2.24) is 0 Å². The van der Waals surface area contributed by atoms with Crippen molar-refractivity contribution in [2.45, 2.75) is 30.7 Å². The quantitative estimate of drug-likeness (QED) is 0.200. The number of ether oxygens (including phenoxy) is 2. The lowest BCUT2D eigenvalue weighted by atomic mass is 9.99. The number of hydrogen-bond donors (Lipinski definition) is 7. The first kappa shape index (κ1) is 23.2. The van der Waals surface area contributed by atoms with E-state index in [2.05, 4.69) is 13.6 Å². The van der Waals surface area contributed by atoms with Gasteiger partial charge in [0.15, 0.2) is 6.29 Å². The summed E-state index contributed by atoms with van der Waals surface area (Å²) in [5.41, 5.74) is 0. The van der Waals surface area contributed by atoms with Crippen LogP contribution in [0.15, 0.2) is 0 Å². The molecule has 7 N–H and O–H groups in total. The maximum Gasteiger partial charge on any atom is 0.470 e. The number of rotatable bonds is 8. The number of phosphoric ester groups is 3. The fourth-order valence-corrected chi connectivity index (χ4v) is 3.72. The maximum absolute atomic E-state index is 11.1. The molecule has 0 saturated carbocycles. The largest absolute Gasteiger partial charge is 0.470 e. The molecule has 0 bridgehead atoms. The second kappa shape index (κ2) is 8.48. The summed E-state index contributed by atoms with van der Waals surface area (Å²) in [6.07, 6.45) is -9.75. The Kier molecular flexibility index (Phi) is 7.89.